The molecule has 0 spiro atoms. The van der Waals surface area contributed by atoms with Gasteiger partial charge in [-0.3, -0.25) is 9.69 Å². The normalized spacial score (nSPS) is 16.7. The first-order chi connectivity index (χ1) is 15.5. The molecule has 4 rings (SSSR count). The van der Waals surface area contributed by atoms with Gasteiger partial charge >= 0.3 is 0 Å². The molecule has 1 aliphatic heterocycles. The monoisotopic (exact) mass is 454 g/mol. The van der Waals surface area contributed by atoms with Crippen molar-refractivity contribution in [2.75, 3.05) is 27.2 Å². The number of likely N-dealkylation sites (tertiary alicyclic amines) is 1. The lowest BCUT2D eigenvalue weighted by molar-refractivity contribution is -0.136. The van der Waals surface area contributed by atoms with Crippen molar-refractivity contribution in [3.05, 3.63) is 65.0 Å². The number of rotatable bonds is 7. The maximum absolute atomic E-state index is 13.1. The van der Waals surface area contributed by atoms with Crippen molar-refractivity contribution in [2.45, 2.75) is 25.9 Å². The second-order valence-corrected chi connectivity index (χ2v) is 8.54. The minimum absolute atomic E-state index is 0.0567. The Labute approximate surface area is 192 Å². The molecule has 8 heteroatoms. The Kier molecular flexibility index (Phi) is 7.07. The fraction of sp³-hybridized carbons (Fsp3) is 0.375. The number of carbonyl (C=O) groups is 1. The zero-order valence-electron chi connectivity index (χ0n) is 18.3. The summed E-state index contributed by atoms with van der Waals surface area (Å²) >= 11 is 6.06. The zero-order chi connectivity index (χ0) is 22.5. The molecule has 1 amide bonds. The van der Waals surface area contributed by atoms with Gasteiger partial charge in [0.1, 0.15) is 5.75 Å². The molecule has 0 saturated carbocycles. The molecule has 0 aliphatic carbocycles. The topological polar surface area (TPSA) is 71.7 Å². The molecular weight excluding hydrogens is 428 g/mol. The molecule has 3 aromatic rings. The number of amides is 1. The molecule has 32 heavy (non-hydrogen) atoms. The highest BCUT2D eigenvalue weighted by atomic mass is 35.5. The molecule has 1 unspecified atom stereocenters. The molecular formula is C24H27ClN4O3. The van der Waals surface area contributed by atoms with E-state index in [4.69, 9.17) is 20.9 Å². The van der Waals surface area contributed by atoms with E-state index in [1.165, 1.54) is 0 Å². The first-order valence-electron chi connectivity index (χ1n) is 10.7. The number of methoxy groups -OCH3 is 1. The van der Waals surface area contributed by atoms with Gasteiger partial charge in [-0.2, -0.15) is 4.98 Å². The SMILES string of the molecule is COc1ccccc1CN(C)C(=O)C1CCCN(Cc2nc(-c3cccc(Cl)c3)no2)C1. The molecule has 1 saturated heterocycles. The van der Waals surface area contributed by atoms with Crippen LogP contribution < -0.4 is 4.74 Å². The second-order valence-electron chi connectivity index (χ2n) is 8.10. The summed E-state index contributed by atoms with van der Waals surface area (Å²) in [6.45, 7) is 2.61. The number of nitrogens with zero attached hydrogens (tertiary/aromatic N) is 4. The lowest BCUT2D eigenvalue weighted by Crippen LogP contribution is -2.43. The first-order valence-corrected chi connectivity index (χ1v) is 11.1. The summed E-state index contributed by atoms with van der Waals surface area (Å²) in [5, 5.41) is 4.71. The van der Waals surface area contributed by atoms with Crippen LogP contribution >= 0.6 is 11.6 Å². The summed E-state index contributed by atoms with van der Waals surface area (Å²) < 4.78 is 10.9. The number of hydrogen-bond donors (Lipinski definition) is 0. The van der Waals surface area contributed by atoms with Crippen LogP contribution in [0, 0.1) is 5.92 Å². The summed E-state index contributed by atoms with van der Waals surface area (Å²) in [6.07, 6.45) is 1.83. The van der Waals surface area contributed by atoms with Crippen molar-refractivity contribution in [1.82, 2.24) is 19.9 Å². The molecule has 168 valence electrons. The van der Waals surface area contributed by atoms with Crippen molar-refractivity contribution in [1.29, 1.82) is 0 Å². The van der Waals surface area contributed by atoms with Crippen LogP contribution in [0.25, 0.3) is 11.4 Å². The van der Waals surface area contributed by atoms with Gasteiger partial charge in [0.05, 0.1) is 19.6 Å². The highest BCUT2D eigenvalue weighted by Gasteiger charge is 2.29. The van der Waals surface area contributed by atoms with Gasteiger partial charge in [0, 0.05) is 36.3 Å². The largest absolute Gasteiger partial charge is 0.496 e. The quantitative estimate of drug-likeness (QED) is 0.531. The van der Waals surface area contributed by atoms with Crippen LogP contribution in [-0.2, 0) is 17.9 Å². The van der Waals surface area contributed by atoms with E-state index in [-0.39, 0.29) is 11.8 Å². The van der Waals surface area contributed by atoms with Crippen molar-refractivity contribution in [3.63, 3.8) is 0 Å². The Balaban J connectivity index is 1.36. The lowest BCUT2D eigenvalue weighted by atomic mass is 9.96. The molecule has 1 fully saturated rings. The second kappa shape index (κ2) is 10.1. The highest BCUT2D eigenvalue weighted by molar-refractivity contribution is 6.30. The van der Waals surface area contributed by atoms with E-state index in [0.29, 0.717) is 36.4 Å². The highest BCUT2D eigenvalue weighted by Crippen LogP contribution is 2.24. The summed E-state index contributed by atoms with van der Waals surface area (Å²) in [6, 6.07) is 15.2. The predicted octanol–water partition coefficient (Wildman–Crippen LogP) is 4.27. The average Bonchev–Trinajstić information content (AvgIpc) is 3.27. The van der Waals surface area contributed by atoms with Crippen LogP contribution in [0.15, 0.2) is 53.1 Å². The first kappa shape index (κ1) is 22.3. The Morgan fingerprint density at radius 3 is 2.94 bits per heavy atom. The van der Waals surface area contributed by atoms with Crippen LogP contribution in [-0.4, -0.2) is 53.1 Å². The molecule has 7 nitrogen and oxygen atoms in total. The molecule has 0 bridgehead atoms. The molecule has 2 aromatic carbocycles. The summed E-state index contributed by atoms with van der Waals surface area (Å²) in [5.41, 5.74) is 1.81. The third-order valence-electron chi connectivity index (χ3n) is 5.74. The maximum Gasteiger partial charge on any atom is 0.241 e. The van der Waals surface area contributed by atoms with Gasteiger partial charge in [-0.05, 0) is 37.6 Å². The van der Waals surface area contributed by atoms with E-state index < -0.39 is 0 Å². The van der Waals surface area contributed by atoms with Crippen LogP contribution in [0.3, 0.4) is 0 Å². The van der Waals surface area contributed by atoms with E-state index in [9.17, 15) is 4.79 Å². The van der Waals surface area contributed by atoms with E-state index >= 15 is 0 Å². The number of ether oxygens (including phenoxy) is 1. The van der Waals surface area contributed by atoms with Crippen LogP contribution in [0.5, 0.6) is 5.75 Å². The molecule has 1 atom stereocenters. The number of benzene rings is 2. The third-order valence-corrected chi connectivity index (χ3v) is 5.98. The standard InChI is InChI=1S/C24H27ClN4O3/c1-28(14-18-7-3-4-11-21(18)31-2)24(30)19-9-6-12-29(15-19)16-22-26-23(27-32-22)17-8-5-10-20(25)13-17/h3-5,7-8,10-11,13,19H,6,9,12,14-16H2,1-2H3. The average molecular weight is 455 g/mol. The van der Waals surface area contributed by atoms with Gasteiger partial charge < -0.3 is 14.2 Å². The van der Waals surface area contributed by atoms with Crippen molar-refractivity contribution < 1.29 is 14.1 Å². The van der Waals surface area contributed by atoms with E-state index in [1.807, 2.05) is 55.6 Å². The van der Waals surface area contributed by atoms with Crippen LogP contribution in [0.4, 0.5) is 0 Å². The number of aromatic nitrogens is 2. The minimum atomic E-state index is -0.0567. The molecule has 2 heterocycles. The summed E-state index contributed by atoms with van der Waals surface area (Å²) in [5.74, 6) is 1.94. The Morgan fingerprint density at radius 2 is 2.12 bits per heavy atom. The summed E-state index contributed by atoms with van der Waals surface area (Å²) in [7, 11) is 3.50. The van der Waals surface area contributed by atoms with Crippen LogP contribution in [0.2, 0.25) is 5.02 Å². The van der Waals surface area contributed by atoms with E-state index in [1.54, 1.807) is 12.0 Å². The molecule has 0 N–H and O–H groups in total. The lowest BCUT2D eigenvalue weighted by Gasteiger charge is -2.33. The zero-order valence-corrected chi connectivity index (χ0v) is 19.1. The van der Waals surface area contributed by atoms with Crippen LogP contribution in [0.1, 0.15) is 24.3 Å². The molecule has 1 aromatic heterocycles. The number of piperidine rings is 1. The Hall–Kier alpha value is -2.90. The van der Waals surface area contributed by atoms with Gasteiger partial charge in [-0.1, -0.05) is 47.1 Å². The minimum Gasteiger partial charge on any atom is -0.496 e. The van der Waals surface area contributed by atoms with Crippen molar-refractivity contribution >= 4 is 17.5 Å². The van der Waals surface area contributed by atoms with E-state index in [2.05, 4.69) is 15.0 Å². The Bertz CT molecular complexity index is 1070. The number of hydrogen-bond acceptors (Lipinski definition) is 6. The Morgan fingerprint density at radius 1 is 1.28 bits per heavy atom. The third kappa shape index (κ3) is 5.29. The number of carbonyl (C=O) groups excluding carboxylic acids is 1. The van der Waals surface area contributed by atoms with Gasteiger partial charge in [0.15, 0.2) is 0 Å². The fourth-order valence-electron chi connectivity index (χ4n) is 4.13. The maximum atomic E-state index is 13.1. The smallest absolute Gasteiger partial charge is 0.241 e. The number of para-hydroxylation sites is 1. The van der Waals surface area contributed by atoms with Gasteiger partial charge in [0.2, 0.25) is 17.6 Å². The molecule has 1 aliphatic rings. The molecule has 0 radical (unpaired) electrons. The van der Waals surface area contributed by atoms with E-state index in [0.717, 1.165) is 36.3 Å². The van der Waals surface area contributed by atoms with Gasteiger partial charge in [0.25, 0.3) is 0 Å². The van der Waals surface area contributed by atoms with Crippen molar-refractivity contribution in [2.24, 2.45) is 5.92 Å². The predicted molar refractivity (Wildman–Crippen MR) is 122 cm³/mol. The van der Waals surface area contributed by atoms with Crippen molar-refractivity contribution in [3.8, 4) is 17.1 Å². The number of halogens is 1. The summed E-state index contributed by atoms with van der Waals surface area (Å²) in [4.78, 5) is 21.6. The van der Waals surface area contributed by atoms with Gasteiger partial charge in [-0.25, -0.2) is 0 Å². The fourth-order valence-corrected chi connectivity index (χ4v) is 4.32. The van der Waals surface area contributed by atoms with Gasteiger partial charge in [-0.15, -0.1) is 0 Å².